The molecule has 0 unspecified atom stereocenters. The van der Waals surface area contributed by atoms with E-state index in [0.717, 1.165) is 0 Å². The maximum Gasteiger partial charge on any atom is 0.257 e. The lowest BCUT2D eigenvalue weighted by Crippen LogP contribution is -2.50. The lowest BCUT2D eigenvalue weighted by molar-refractivity contribution is -0.130. The van der Waals surface area contributed by atoms with E-state index < -0.39 is 5.91 Å². The second kappa shape index (κ2) is 8.64. The fraction of sp³-hybridized carbons (Fsp3) is 0.286. The third-order valence-corrected chi connectivity index (χ3v) is 4.81. The van der Waals surface area contributed by atoms with E-state index >= 15 is 0 Å². The van der Waals surface area contributed by atoms with Gasteiger partial charge in [0.05, 0.1) is 11.1 Å². The number of anilines is 1. The van der Waals surface area contributed by atoms with Crippen LogP contribution in [0.25, 0.3) is 0 Å². The van der Waals surface area contributed by atoms with Gasteiger partial charge in [0.1, 0.15) is 0 Å². The number of aromatic nitrogens is 1. The number of hydrogen-bond acceptors (Lipinski definition) is 5. The first-order valence-corrected chi connectivity index (χ1v) is 9.27. The summed E-state index contributed by atoms with van der Waals surface area (Å²) in [4.78, 5) is 55.4. The smallest absolute Gasteiger partial charge is 0.257 e. The van der Waals surface area contributed by atoms with Crippen molar-refractivity contribution in [1.29, 1.82) is 0 Å². The predicted octanol–water partition coefficient (Wildman–Crippen LogP) is 1.84. The third-order valence-electron chi connectivity index (χ3n) is 4.81. The molecule has 3 amide bonds. The molecule has 1 fully saturated rings. The highest BCUT2D eigenvalue weighted by Gasteiger charge is 2.24. The van der Waals surface area contributed by atoms with Crippen molar-refractivity contribution in [2.75, 3.05) is 31.5 Å². The molecule has 1 aliphatic rings. The molecule has 2 aromatic rings. The van der Waals surface area contributed by atoms with Gasteiger partial charge in [0.15, 0.2) is 5.78 Å². The van der Waals surface area contributed by atoms with Crippen molar-refractivity contribution in [2.24, 2.45) is 0 Å². The van der Waals surface area contributed by atoms with E-state index in [0.29, 0.717) is 43.0 Å². The number of nitrogens with one attached hydrogen (secondary N) is 1. The van der Waals surface area contributed by atoms with Crippen LogP contribution in [0.3, 0.4) is 0 Å². The SMILES string of the molecule is CC(=O)c1ccc(NC(=O)c2cncc(C(=O)N3CCN(C(C)=O)CC3)c2)cc1. The van der Waals surface area contributed by atoms with Crippen LogP contribution in [0.4, 0.5) is 5.69 Å². The van der Waals surface area contributed by atoms with Gasteiger partial charge in [-0.3, -0.25) is 24.2 Å². The monoisotopic (exact) mass is 394 g/mol. The second-order valence-corrected chi connectivity index (χ2v) is 6.85. The number of Topliss-reactive ketones (excluding diaryl/α,β-unsaturated/α-hetero) is 1. The molecule has 29 heavy (non-hydrogen) atoms. The molecule has 1 N–H and O–H groups in total. The van der Waals surface area contributed by atoms with Crippen LogP contribution in [0.5, 0.6) is 0 Å². The van der Waals surface area contributed by atoms with E-state index in [1.165, 1.54) is 32.3 Å². The minimum absolute atomic E-state index is 0.00577. The lowest BCUT2D eigenvalue weighted by atomic mass is 10.1. The van der Waals surface area contributed by atoms with E-state index in [2.05, 4.69) is 10.3 Å². The quantitative estimate of drug-likeness (QED) is 0.798. The number of amides is 3. The number of carbonyl (C=O) groups is 4. The van der Waals surface area contributed by atoms with Crippen LogP contribution in [0.1, 0.15) is 44.9 Å². The summed E-state index contributed by atoms with van der Waals surface area (Å²) in [5.74, 6) is -0.679. The maximum absolute atomic E-state index is 12.7. The number of benzene rings is 1. The molecule has 0 radical (unpaired) electrons. The molecule has 1 aromatic heterocycles. The van der Waals surface area contributed by atoms with E-state index in [4.69, 9.17) is 0 Å². The molecule has 1 aromatic carbocycles. The Balaban J connectivity index is 1.67. The Morgan fingerprint density at radius 1 is 0.828 bits per heavy atom. The number of pyridine rings is 1. The van der Waals surface area contributed by atoms with Gasteiger partial charge in [-0.2, -0.15) is 0 Å². The first kappa shape index (κ1) is 20.2. The largest absolute Gasteiger partial charge is 0.339 e. The highest BCUT2D eigenvalue weighted by molar-refractivity contribution is 6.06. The van der Waals surface area contributed by atoms with Gasteiger partial charge in [-0.15, -0.1) is 0 Å². The van der Waals surface area contributed by atoms with Crippen molar-refractivity contribution >= 4 is 29.2 Å². The highest BCUT2D eigenvalue weighted by atomic mass is 16.2. The normalized spacial score (nSPS) is 13.7. The molecule has 0 spiro atoms. The van der Waals surface area contributed by atoms with Gasteiger partial charge in [0.25, 0.3) is 11.8 Å². The van der Waals surface area contributed by atoms with Gasteiger partial charge in [0.2, 0.25) is 5.91 Å². The molecule has 8 nitrogen and oxygen atoms in total. The number of ketones is 1. The van der Waals surface area contributed by atoms with Crippen LogP contribution < -0.4 is 5.32 Å². The average Bonchev–Trinajstić information content (AvgIpc) is 2.73. The number of rotatable bonds is 4. The van der Waals surface area contributed by atoms with Gasteiger partial charge >= 0.3 is 0 Å². The zero-order valence-corrected chi connectivity index (χ0v) is 16.3. The summed E-state index contributed by atoms with van der Waals surface area (Å²) < 4.78 is 0. The summed E-state index contributed by atoms with van der Waals surface area (Å²) in [6, 6.07) is 8.07. The first-order valence-electron chi connectivity index (χ1n) is 9.27. The number of hydrogen-bond donors (Lipinski definition) is 1. The predicted molar refractivity (Wildman–Crippen MR) is 107 cm³/mol. The van der Waals surface area contributed by atoms with Crippen LogP contribution in [0.2, 0.25) is 0 Å². The second-order valence-electron chi connectivity index (χ2n) is 6.85. The lowest BCUT2D eigenvalue weighted by Gasteiger charge is -2.34. The van der Waals surface area contributed by atoms with Crippen molar-refractivity contribution < 1.29 is 19.2 Å². The first-order chi connectivity index (χ1) is 13.8. The molecule has 0 saturated carbocycles. The summed E-state index contributed by atoms with van der Waals surface area (Å²) in [6.45, 7) is 4.85. The Morgan fingerprint density at radius 3 is 2.00 bits per heavy atom. The zero-order chi connectivity index (χ0) is 21.0. The minimum Gasteiger partial charge on any atom is -0.339 e. The van der Waals surface area contributed by atoms with Gasteiger partial charge in [-0.25, -0.2) is 0 Å². The fourth-order valence-corrected chi connectivity index (χ4v) is 3.08. The molecule has 0 bridgehead atoms. The average molecular weight is 394 g/mol. The molecular weight excluding hydrogens is 372 g/mol. The van der Waals surface area contributed by atoms with Crippen LogP contribution >= 0.6 is 0 Å². The highest BCUT2D eigenvalue weighted by Crippen LogP contribution is 2.14. The molecule has 0 aliphatic carbocycles. The molecule has 1 saturated heterocycles. The fourth-order valence-electron chi connectivity index (χ4n) is 3.08. The molecule has 1 aliphatic heterocycles. The molecule has 150 valence electrons. The maximum atomic E-state index is 12.7. The van der Waals surface area contributed by atoms with E-state index in [-0.39, 0.29) is 23.2 Å². The van der Waals surface area contributed by atoms with Crippen molar-refractivity contribution in [3.63, 3.8) is 0 Å². The minimum atomic E-state index is -0.399. The Hall–Kier alpha value is -3.55. The Morgan fingerprint density at radius 2 is 1.41 bits per heavy atom. The van der Waals surface area contributed by atoms with E-state index in [1.807, 2.05) is 0 Å². The van der Waals surface area contributed by atoms with Crippen molar-refractivity contribution in [1.82, 2.24) is 14.8 Å². The summed E-state index contributed by atoms with van der Waals surface area (Å²) in [5.41, 5.74) is 1.67. The number of carbonyl (C=O) groups excluding carboxylic acids is 4. The summed E-state index contributed by atoms with van der Waals surface area (Å²) in [5, 5.41) is 2.73. The molecule has 0 atom stereocenters. The van der Waals surface area contributed by atoms with Gasteiger partial charge < -0.3 is 15.1 Å². The van der Waals surface area contributed by atoms with Crippen molar-refractivity contribution in [3.05, 3.63) is 59.4 Å². The molecule has 3 rings (SSSR count). The Bertz CT molecular complexity index is 947. The Labute approximate surface area is 168 Å². The molecule has 8 heteroatoms. The molecular formula is C21H22N4O4. The van der Waals surface area contributed by atoms with Crippen LogP contribution in [0, 0.1) is 0 Å². The third kappa shape index (κ3) is 4.84. The van der Waals surface area contributed by atoms with Gasteiger partial charge in [0, 0.05) is 56.7 Å². The van der Waals surface area contributed by atoms with Crippen LogP contribution in [-0.2, 0) is 4.79 Å². The van der Waals surface area contributed by atoms with Crippen LogP contribution in [0.15, 0.2) is 42.7 Å². The van der Waals surface area contributed by atoms with Crippen molar-refractivity contribution in [2.45, 2.75) is 13.8 Å². The van der Waals surface area contributed by atoms with Gasteiger partial charge in [-0.05, 0) is 37.3 Å². The number of piperazine rings is 1. The topological polar surface area (TPSA) is 99.7 Å². The number of nitrogens with zero attached hydrogens (tertiary/aromatic N) is 3. The summed E-state index contributed by atoms with van der Waals surface area (Å²) >= 11 is 0. The van der Waals surface area contributed by atoms with E-state index in [1.54, 1.807) is 34.1 Å². The standard InChI is InChI=1S/C21H22N4O4/c1-14(26)16-3-5-19(6-4-16)23-20(28)17-11-18(13-22-12-17)21(29)25-9-7-24(8-10-25)15(2)27/h3-6,11-13H,7-10H2,1-2H3,(H,23,28). The van der Waals surface area contributed by atoms with E-state index in [9.17, 15) is 19.2 Å². The Kier molecular flexibility index (Phi) is 6.01. The summed E-state index contributed by atoms with van der Waals surface area (Å²) in [7, 11) is 0. The van der Waals surface area contributed by atoms with Gasteiger partial charge in [-0.1, -0.05) is 0 Å². The zero-order valence-electron chi connectivity index (χ0n) is 16.3. The molecule has 2 heterocycles. The summed E-state index contributed by atoms with van der Waals surface area (Å²) in [6.07, 6.45) is 2.82. The van der Waals surface area contributed by atoms with Crippen molar-refractivity contribution in [3.8, 4) is 0 Å². The van der Waals surface area contributed by atoms with Crippen LogP contribution in [-0.4, -0.2) is 64.5 Å².